The first-order valence-corrected chi connectivity index (χ1v) is 5.41. The van der Waals surface area contributed by atoms with Crippen LogP contribution in [0.1, 0.15) is 17.3 Å². The van der Waals surface area contributed by atoms with Crippen molar-refractivity contribution in [1.82, 2.24) is 9.78 Å². The normalized spacial score (nSPS) is 10.3. The maximum absolute atomic E-state index is 12.7. The smallest absolute Gasteiger partial charge is 0.348 e. The van der Waals surface area contributed by atoms with Crippen LogP contribution in [0.15, 0.2) is 30.5 Å². The first-order valence-electron chi connectivity index (χ1n) is 5.41. The highest BCUT2D eigenvalue weighted by Gasteiger charge is 2.16. The van der Waals surface area contributed by atoms with Gasteiger partial charge in [-0.2, -0.15) is 5.10 Å². The maximum Gasteiger partial charge on any atom is 0.348 e. The summed E-state index contributed by atoms with van der Waals surface area (Å²) in [5, 5.41) is 3.94. The predicted octanol–water partition coefficient (Wildman–Crippen LogP) is 1.84. The fourth-order valence-electron chi connectivity index (χ4n) is 1.47. The molecule has 6 heteroatoms. The van der Waals surface area contributed by atoms with Gasteiger partial charge in [0.25, 0.3) is 0 Å². The highest BCUT2D eigenvalue weighted by molar-refractivity contribution is 5.95. The predicted molar refractivity (Wildman–Crippen MR) is 63.7 cm³/mol. The second-order valence-corrected chi connectivity index (χ2v) is 3.60. The van der Waals surface area contributed by atoms with Gasteiger partial charge in [0.2, 0.25) is 0 Å². The molecular formula is C12H12FN3O2. The van der Waals surface area contributed by atoms with Crippen LogP contribution < -0.4 is 10.5 Å². The van der Waals surface area contributed by atoms with E-state index in [1.807, 2.05) is 6.92 Å². The molecule has 2 N–H and O–H groups in total. The number of rotatable bonds is 3. The molecule has 1 aromatic carbocycles. The molecule has 0 unspecified atom stereocenters. The molecule has 0 radical (unpaired) electrons. The van der Waals surface area contributed by atoms with E-state index in [2.05, 4.69) is 5.10 Å². The summed E-state index contributed by atoms with van der Waals surface area (Å²) in [4.78, 5) is 11.8. The third-order valence-corrected chi connectivity index (χ3v) is 2.42. The van der Waals surface area contributed by atoms with E-state index in [1.54, 1.807) is 0 Å². The summed E-state index contributed by atoms with van der Waals surface area (Å²) in [7, 11) is 0. The van der Waals surface area contributed by atoms with Crippen LogP contribution >= 0.6 is 0 Å². The van der Waals surface area contributed by atoms with E-state index >= 15 is 0 Å². The molecule has 0 saturated carbocycles. The Morgan fingerprint density at radius 1 is 1.44 bits per heavy atom. The first-order chi connectivity index (χ1) is 8.61. The van der Waals surface area contributed by atoms with Gasteiger partial charge < -0.3 is 10.5 Å². The Kier molecular flexibility index (Phi) is 3.27. The van der Waals surface area contributed by atoms with E-state index in [1.165, 1.54) is 35.1 Å². The maximum atomic E-state index is 12.7. The summed E-state index contributed by atoms with van der Waals surface area (Å²) in [5.41, 5.74) is 5.93. The zero-order valence-electron chi connectivity index (χ0n) is 9.76. The van der Waals surface area contributed by atoms with Gasteiger partial charge in [-0.3, -0.25) is 0 Å². The van der Waals surface area contributed by atoms with E-state index in [-0.39, 0.29) is 17.1 Å². The molecule has 2 rings (SSSR count). The van der Waals surface area contributed by atoms with Gasteiger partial charge in [0, 0.05) is 6.54 Å². The van der Waals surface area contributed by atoms with Gasteiger partial charge in [-0.25, -0.2) is 13.9 Å². The van der Waals surface area contributed by atoms with E-state index in [9.17, 15) is 9.18 Å². The van der Waals surface area contributed by atoms with Crippen LogP contribution in [0.5, 0.6) is 5.75 Å². The van der Waals surface area contributed by atoms with Gasteiger partial charge >= 0.3 is 5.97 Å². The van der Waals surface area contributed by atoms with Crippen molar-refractivity contribution in [1.29, 1.82) is 0 Å². The lowest BCUT2D eigenvalue weighted by Gasteiger charge is -2.04. The molecule has 0 fully saturated rings. The quantitative estimate of drug-likeness (QED) is 0.665. The van der Waals surface area contributed by atoms with Crippen LogP contribution in [0.4, 0.5) is 10.2 Å². The SMILES string of the molecule is CCn1ncc(C(=O)Oc2ccc(F)cc2)c1N. The average Bonchev–Trinajstić information content (AvgIpc) is 2.73. The first kappa shape index (κ1) is 12.1. The molecule has 0 bridgehead atoms. The summed E-state index contributed by atoms with van der Waals surface area (Å²) in [6.45, 7) is 2.42. The number of aryl methyl sites for hydroxylation is 1. The number of carbonyl (C=O) groups is 1. The van der Waals surface area contributed by atoms with Gasteiger partial charge in [-0.15, -0.1) is 0 Å². The lowest BCUT2D eigenvalue weighted by molar-refractivity contribution is 0.0735. The molecule has 0 atom stereocenters. The molecule has 2 aromatic rings. The molecular weight excluding hydrogens is 237 g/mol. The second kappa shape index (κ2) is 4.87. The summed E-state index contributed by atoms with van der Waals surface area (Å²) in [5.74, 6) is -0.499. The van der Waals surface area contributed by atoms with Crippen molar-refractivity contribution in [2.24, 2.45) is 0 Å². The summed E-state index contributed by atoms with van der Waals surface area (Å²) < 4.78 is 19.2. The summed E-state index contributed by atoms with van der Waals surface area (Å²) in [6.07, 6.45) is 1.35. The number of anilines is 1. The van der Waals surface area contributed by atoms with E-state index in [4.69, 9.17) is 10.5 Å². The largest absolute Gasteiger partial charge is 0.423 e. The highest BCUT2D eigenvalue weighted by Crippen LogP contribution is 2.16. The number of benzene rings is 1. The number of hydrogen-bond acceptors (Lipinski definition) is 4. The number of esters is 1. The number of ether oxygens (including phenoxy) is 1. The third-order valence-electron chi connectivity index (χ3n) is 2.42. The molecule has 0 saturated heterocycles. The Morgan fingerprint density at radius 3 is 2.67 bits per heavy atom. The molecule has 0 aliphatic heterocycles. The highest BCUT2D eigenvalue weighted by atomic mass is 19.1. The fourth-order valence-corrected chi connectivity index (χ4v) is 1.47. The topological polar surface area (TPSA) is 70.1 Å². The zero-order valence-corrected chi connectivity index (χ0v) is 9.76. The molecule has 1 aromatic heterocycles. The molecule has 1 heterocycles. The van der Waals surface area contributed by atoms with Crippen molar-refractivity contribution < 1.29 is 13.9 Å². The lowest BCUT2D eigenvalue weighted by atomic mass is 10.3. The van der Waals surface area contributed by atoms with Crippen molar-refractivity contribution in [3.8, 4) is 5.75 Å². The van der Waals surface area contributed by atoms with Crippen molar-refractivity contribution >= 4 is 11.8 Å². The molecule has 18 heavy (non-hydrogen) atoms. The van der Waals surface area contributed by atoms with Gasteiger partial charge in [0.05, 0.1) is 6.20 Å². The van der Waals surface area contributed by atoms with Crippen molar-refractivity contribution in [3.63, 3.8) is 0 Å². The van der Waals surface area contributed by atoms with Crippen molar-refractivity contribution in [2.75, 3.05) is 5.73 Å². The molecule has 0 aliphatic carbocycles. The Balaban J connectivity index is 2.16. The minimum absolute atomic E-state index is 0.196. The van der Waals surface area contributed by atoms with Gasteiger partial charge in [0.1, 0.15) is 22.9 Å². The monoisotopic (exact) mass is 249 g/mol. The number of aromatic nitrogens is 2. The minimum atomic E-state index is -0.612. The Bertz CT molecular complexity index is 563. The van der Waals surface area contributed by atoms with Gasteiger partial charge in [-0.05, 0) is 31.2 Å². The van der Waals surface area contributed by atoms with Crippen molar-refractivity contribution in [3.05, 3.63) is 41.8 Å². The zero-order chi connectivity index (χ0) is 13.1. The Labute approximate surface area is 103 Å². The van der Waals surface area contributed by atoms with Crippen molar-refractivity contribution in [2.45, 2.75) is 13.5 Å². The van der Waals surface area contributed by atoms with Crippen LogP contribution in [0.2, 0.25) is 0 Å². The van der Waals surface area contributed by atoms with Crippen LogP contribution in [-0.2, 0) is 6.54 Å². The fraction of sp³-hybridized carbons (Fsp3) is 0.167. The van der Waals surface area contributed by atoms with Crippen LogP contribution in [0, 0.1) is 5.82 Å². The van der Waals surface area contributed by atoms with E-state index in [0.29, 0.717) is 6.54 Å². The number of halogens is 1. The molecule has 94 valence electrons. The molecule has 5 nitrogen and oxygen atoms in total. The Hall–Kier alpha value is -2.37. The lowest BCUT2D eigenvalue weighted by Crippen LogP contribution is -2.11. The Morgan fingerprint density at radius 2 is 2.11 bits per heavy atom. The van der Waals surface area contributed by atoms with E-state index in [0.717, 1.165) is 0 Å². The van der Waals surface area contributed by atoms with Crippen LogP contribution in [0.25, 0.3) is 0 Å². The van der Waals surface area contributed by atoms with Crippen LogP contribution in [-0.4, -0.2) is 15.7 Å². The third kappa shape index (κ3) is 2.32. The number of carbonyl (C=O) groups excluding carboxylic acids is 1. The summed E-state index contributed by atoms with van der Waals surface area (Å²) in [6, 6.07) is 5.16. The number of hydrogen-bond donors (Lipinski definition) is 1. The number of nitrogen functional groups attached to an aromatic ring is 1. The number of nitrogens with zero attached hydrogens (tertiary/aromatic N) is 2. The second-order valence-electron chi connectivity index (χ2n) is 3.60. The standard InChI is InChI=1S/C12H12FN3O2/c1-2-16-11(14)10(7-15-16)12(17)18-9-5-3-8(13)4-6-9/h3-7H,2,14H2,1H3. The number of nitrogens with two attached hydrogens (primary N) is 1. The molecule has 0 amide bonds. The van der Waals surface area contributed by atoms with Gasteiger partial charge in [0.15, 0.2) is 0 Å². The van der Waals surface area contributed by atoms with Gasteiger partial charge in [-0.1, -0.05) is 0 Å². The van der Waals surface area contributed by atoms with Crippen LogP contribution in [0.3, 0.4) is 0 Å². The van der Waals surface area contributed by atoms with E-state index < -0.39 is 11.8 Å². The minimum Gasteiger partial charge on any atom is -0.423 e. The summed E-state index contributed by atoms with van der Waals surface area (Å²) >= 11 is 0. The molecule has 0 aliphatic rings. The average molecular weight is 249 g/mol. The molecule has 0 spiro atoms.